The molecular weight excluding hydrogens is 448 g/mol. The Morgan fingerprint density at radius 3 is 2.60 bits per heavy atom. The van der Waals surface area contributed by atoms with E-state index in [0.29, 0.717) is 30.1 Å². The van der Waals surface area contributed by atoms with Gasteiger partial charge >= 0.3 is 0 Å². The number of ether oxygens (including phenoxy) is 3. The molecule has 0 amide bonds. The highest BCUT2D eigenvalue weighted by Gasteiger charge is 2.27. The van der Waals surface area contributed by atoms with Gasteiger partial charge in [0, 0.05) is 30.3 Å². The summed E-state index contributed by atoms with van der Waals surface area (Å²) < 4.78 is 18.2. The average molecular weight is 485 g/mol. The van der Waals surface area contributed by atoms with Crippen molar-refractivity contribution in [2.45, 2.75) is 46.1 Å². The van der Waals surface area contributed by atoms with Crippen LogP contribution in [0.25, 0.3) is 0 Å². The molecule has 35 heavy (non-hydrogen) atoms. The number of nitrogens with one attached hydrogen (secondary N) is 2. The van der Waals surface area contributed by atoms with Crippen molar-refractivity contribution >= 4 is 17.8 Å². The van der Waals surface area contributed by atoms with Gasteiger partial charge in [-0.3, -0.25) is 10.2 Å². The molecule has 1 aliphatic rings. The van der Waals surface area contributed by atoms with Crippen molar-refractivity contribution in [2.75, 3.05) is 44.9 Å². The Morgan fingerprint density at radius 2 is 2.00 bits per heavy atom. The van der Waals surface area contributed by atoms with Crippen LogP contribution in [0.15, 0.2) is 29.4 Å². The Kier molecular flexibility index (Phi) is 8.50. The molecule has 1 saturated heterocycles. The van der Waals surface area contributed by atoms with Gasteiger partial charge in [-0.05, 0) is 37.5 Å². The summed E-state index contributed by atoms with van der Waals surface area (Å²) in [5.74, 6) is 1.07. The summed E-state index contributed by atoms with van der Waals surface area (Å²) in [4.78, 5) is 15.4. The van der Waals surface area contributed by atoms with Crippen molar-refractivity contribution in [3.05, 3.63) is 40.9 Å². The van der Waals surface area contributed by atoms with Crippen molar-refractivity contribution in [3.63, 3.8) is 0 Å². The second-order valence-corrected chi connectivity index (χ2v) is 9.57. The first-order valence-electron chi connectivity index (χ1n) is 11.8. The molecule has 2 heterocycles. The van der Waals surface area contributed by atoms with Crippen LogP contribution in [0.2, 0.25) is 0 Å². The van der Waals surface area contributed by atoms with Crippen molar-refractivity contribution in [2.24, 2.45) is 5.10 Å². The molecule has 2 N–H and O–H groups in total. The molecule has 1 aliphatic heterocycles. The largest absolute Gasteiger partial charge is 0.494 e. The number of methoxy groups -OCH3 is 1. The number of carbonyl (C=O) groups excluding carboxylic acids is 1. The summed E-state index contributed by atoms with van der Waals surface area (Å²) >= 11 is 0. The zero-order chi connectivity index (χ0) is 25.6. The summed E-state index contributed by atoms with van der Waals surface area (Å²) in [6.45, 7) is 12.8. The minimum absolute atomic E-state index is 0.0132. The number of aromatic nitrogens is 2. The number of anilines is 1. The third-order valence-electron chi connectivity index (χ3n) is 5.48. The summed E-state index contributed by atoms with van der Waals surface area (Å²) in [5.41, 5.74) is 5.43. The van der Waals surface area contributed by atoms with E-state index in [2.05, 4.69) is 41.3 Å². The lowest BCUT2D eigenvalue weighted by molar-refractivity contribution is 0.0991. The highest BCUT2D eigenvalue weighted by Crippen LogP contribution is 2.40. The molecular formula is C25H36N6O4. The van der Waals surface area contributed by atoms with E-state index in [4.69, 9.17) is 19.6 Å². The van der Waals surface area contributed by atoms with Gasteiger partial charge in [-0.25, -0.2) is 0 Å². The van der Waals surface area contributed by atoms with Crippen LogP contribution in [-0.2, 0) is 10.2 Å². The fraction of sp³-hybridized carbons (Fsp3) is 0.520. The van der Waals surface area contributed by atoms with Crippen LogP contribution in [0.1, 0.15) is 50.5 Å². The maximum absolute atomic E-state index is 13.2. The van der Waals surface area contributed by atoms with Crippen LogP contribution in [0.3, 0.4) is 0 Å². The SMILES string of the molecule is COc1c(N2CCOCC2)cc(C(=O)CN/N=c2/ccc(OC(C)C)nn2C=N)cc1C(C)(C)C. The Morgan fingerprint density at radius 1 is 1.29 bits per heavy atom. The standard InChI is InChI=1S/C25H36N6O4/c1-17(2)35-23-8-7-22(31(16-26)29-23)28-27-15-21(32)18-13-19(25(3,4)5)24(33-6)20(14-18)30-9-11-34-12-10-30/h7-8,13-14,16-17,26-27H,9-12,15H2,1-6H3/b26-16?,28-22-. The number of ketones is 1. The zero-order valence-corrected chi connectivity index (χ0v) is 21.4. The smallest absolute Gasteiger partial charge is 0.232 e. The average Bonchev–Trinajstić information content (AvgIpc) is 2.83. The molecule has 0 bridgehead atoms. The normalized spacial score (nSPS) is 14.7. The molecule has 10 nitrogen and oxygen atoms in total. The molecule has 0 atom stereocenters. The van der Waals surface area contributed by atoms with Gasteiger partial charge in [-0.15, -0.1) is 5.10 Å². The van der Waals surface area contributed by atoms with E-state index in [9.17, 15) is 4.79 Å². The summed E-state index contributed by atoms with van der Waals surface area (Å²) in [5, 5.41) is 16.1. The molecule has 1 aromatic heterocycles. The van der Waals surface area contributed by atoms with Crippen molar-refractivity contribution in [1.29, 1.82) is 5.41 Å². The maximum Gasteiger partial charge on any atom is 0.232 e. The number of carbonyl (C=O) groups is 1. The Balaban J connectivity index is 1.87. The lowest BCUT2D eigenvalue weighted by atomic mass is 9.84. The second-order valence-electron chi connectivity index (χ2n) is 9.57. The lowest BCUT2D eigenvalue weighted by Gasteiger charge is -2.33. The Labute approximate surface area is 206 Å². The fourth-order valence-corrected chi connectivity index (χ4v) is 3.78. The quantitative estimate of drug-likeness (QED) is 0.243. The van der Waals surface area contributed by atoms with E-state index in [0.717, 1.165) is 36.4 Å². The number of morpholine rings is 1. The first kappa shape index (κ1) is 26.2. The predicted octanol–water partition coefficient (Wildman–Crippen LogP) is 2.56. The van der Waals surface area contributed by atoms with Crippen LogP contribution < -0.4 is 25.3 Å². The predicted molar refractivity (Wildman–Crippen MR) is 135 cm³/mol. The van der Waals surface area contributed by atoms with E-state index < -0.39 is 0 Å². The lowest BCUT2D eigenvalue weighted by Crippen LogP contribution is -2.37. The van der Waals surface area contributed by atoms with E-state index in [1.807, 2.05) is 26.0 Å². The van der Waals surface area contributed by atoms with Crippen LogP contribution in [0.5, 0.6) is 11.6 Å². The zero-order valence-electron chi connectivity index (χ0n) is 21.4. The van der Waals surface area contributed by atoms with E-state index >= 15 is 0 Å². The number of nitrogens with zero attached hydrogens (tertiary/aromatic N) is 4. The van der Waals surface area contributed by atoms with Gasteiger partial charge in [0.05, 0.1) is 38.7 Å². The van der Waals surface area contributed by atoms with Crippen LogP contribution >= 0.6 is 0 Å². The van der Waals surface area contributed by atoms with Crippen molar-refractivity contribution in [3.8, 4) is 11.6 Å². The molecule has 0 saturated carbocycles. The Hall–Kier alpha value is -3.40. The molecule has 0 unspecified atom stereocenters. The van der Waals surface area contributed by atoms with Gasteiger partial charge in [0.2, 0.25) is 5.88 Å². The third-order valence-corrected chi connectivity index (χ3v) is 5.48. The number of hydrogen-bond donors (Lipinski definition) is 2. The number of hydrogen-bond acceptors (Lipinski definition) is 9. The highest BCUT2D eigenvalue weighted by molar-refractivity contribution is 5.99. The topological polar surface area (TPSA) is 114 Å². The number of Topliss-reactive ketones (excluding diaryl/α,β-unsaturated/α-hetero) is 1. The molecule has 0 aliphatic carbocycles. The van der Waals surface area contributed by atoms with E-state index in [-0.39, 0.29) is 23.8 Å². The van der Waals surface area contributed by atoms with Gasteiger partial charge in [0.1, 0.15) is 12.1 Å². The second kappa shape index (κ2) is 11.4. The molecule has 0 radical (unpaired) electrons. The Bertz CT molecular complexity index is 1110. The molecule has 10 heteroatoms. The van der Waals surface area contributed by atoms with Crippen LogP contribution in [0.4, 0.5) is 5.69 Å². The third kappa shape index (κ3) is 6.60. The van der Waals surface area contributed by atoms with E-state index in [1.165, 1.54) is 4.68 Å². The first-order valence-corrected chi connectivity index (χ1v) is 11.8. The molecule has 3 rings (SSSR count). The van der Waals surface area contributed by atoms with Crippen molar-refractivity contribution in [1.82, 2.24) is 15.2 Å². The molecule has 1 fully saturated rings. The monoisotopic (exact) mass is 484 g/mol. The van der Waals surface area contributed by atoms with Crippen LogP contribution in [-0.4, -0.2) is 68.0 Å². The van der Waals surface area contributed by atoms with Crippen LogP contribution in [0, 0.1) is 5.41 Å². The van der Waals surface area contributed by atoms with Gasteiger partial charge in [0.15, 0.2) is 11.3 Å². The highest BCUT2D eigenvalue weighted by atomic mass is 16.5. The minimum atomic E-state index is -0.221. The first-order chi connectivity index (χ1) is 16.6. The van der Waals surface area contributed by atoms with Crippen molar-refractivity contribution < 1.29 is 19.0 Å². The van der Waals surface area contributed by atoms with E-state index in [1.54, 1.807) is 19.2 Å². The van der Waals surface area contributed by atoms with Gasteiger partial charge in [-0.1, -0.05) is 20.8 Å². The molecule has 0 spiro atoms. The number of rotatable bonds is 9. The summed E-state index contributed by atoms with van der Waals surface area (Å²) in [7, 11) is 1.67. The number of benzene rings is 1. The molecule has 1 aromatic carbocycles. The summed E-state index contributed by atoms with van der Waals surface area (Å²) in [6, 6.07) is 7.15. The van der Waals surface area contributed by atoms with Gasteiger partial charge in [-0.2, -0.15) is 9.78 Å². The minimum Gasteiger partial charge on any atom is -0.494 e. The fourth-order valence-electron chi connectivity index (χ4n) is 3.78. The molecule has 2 aromatic rings. The molecule has 190 valence electrons. The summed E-state index contributed by atoms with van der Waals surface area (Å²) in [6.07, 6.45) is 0.994. The van der Waals surface area contributed by atoms with Gasteiger partial charge < -0.3 is 24.5 Å². The van der Waals surface area contributed by atoms with Gasteiger partial charge in [0.25, 0.3) is 0 Å². The maximum atomic E-state index is 13.2.